The van der Waals surface area contributed by atoms with Crippen LogP contribution in [0.1, 0.15) is 24.4 Å². The molecule has 2 N–H and O–H groups in total. The van der Waals surface area contributed by atoms with Gasteiger partial charge in [-0.15, -0.1) is 0 Å². The second-order valence-corrected chi connectivity index (χ2v) is 7.22. The normalized spacial score (nSPS) is 12.4. The Labute approximate surface area is 175 Å². The van der Waals surface area contributed by atoms with E-state index >= 15 is 0 Å². The van der Waals surface area contributed by atoms with E-state index < -0.39 is 12.1 Å². The lowest BCUT2D eigenvalue weighted by Crippen LogP contribution is -2.28. The van der Waals surface area contributed by atoms with Gasteiger partial charge in [-0.1, -0.05) is 30.3 Å². The number of aromatic amines is 1. The van der Waals surface area contributed by atoms with Gasteiger partial charge in [0.1, 0.15) is 11.3 Å². The molecule has 0 aliphatic carbocycles. The standard InChI is InChI=1S/C22H18FN7O/c1-12-7-6-10-15-16(12)21(31)30(14-8-4-3-5-9-14)20(27-15)13(2)26-19-17-18(25-11-24-17)28-22(23)29-19/h3-11,13H,1-2H3,(H2,24,25,26,28,29). The number of anilines is 1. The van der Waals surface area contributed by atoms with Crippen LogP contribution in [0.3, 0.4) is 0 Å². The largest absolute Gasteiger partial charge is 0.358 e. The fourth-order valence-electron chi connectivity index (χ4n) is 3.71. The average Bonchev–Trinajstić information content (AvgIpc) is 3.22. The minimum absolute atomic E-state index is 0.170. The van der Waals surface area contributed by atoms with Gasteiger partial charge in [-0.25, -0.2) is 9.97 Å². The molecule has 3 aromatic heterocycles. The summed E-state index contributed by atoms with van der Waals surface area (Å²) < 4.78 is 15.5. The molecule has 3 heterocycles. The summed E-state index contributed by atoms with van der Waals surface area (Å²) in [6.07, 6.45) is 0.542. The molecular formula is C22H18FN7O. The van der Waals surface area contributed by atoms with Gasteiger partial charge in [0.15, 0.2) is 11.5 Å². The van der Waals surface area contributed by atoms with Crippen LogP contribution < -0.4 is 10.9 Å². The van der Waals surface area contributed by atoms with Gasteiger partial charge in [-0.2, -0.15) is 14.4 Å². The van der Waals surface area contributed by atoms with Crippen LogP contribution >= 0.6 is 0 Å². The van der Waals surface area contributed by atoms with E-state index in [4.69, 9.17) is 4.98 Å². The van der Waals surface area contributed by atoms with Crippen molar-refractivity contribution >= 4 is 27.9 Å². The van der Waals surface area contributed by atoms with Crippen LogP contribution in [0.2, 0.25) is 0 Å². The predicted molar refractivity (Wildman–Crippen MR) is 116 cm³/mol. The number of aryl methyl sites for hydroxylation is 1. The highest BCUT2D eigenvalue weighted by atomic mass is 19.1. The lowest BCUT2D eigenvalue weighted by Gasteiger charge is -2.20. The zero-order chi connectivity index (χ0) is 21.5. The second-order valence-electron chi connectivity index (χ2n) is 7.22. The van der Waals surface area contributed by atoms with E-state index in [2.05, 4.69) is 25.3 Å². The van der Waals surface area contributed by atoms with Crippen LogP contribution in [-0.4, -0.2) is 29.5 Å². The van der Waals surface area contributed by atoms with E-state index in [9.17, 15) is 9.18 Å². The topological polar surface area (TPSA) is 101 Å². The van der Waals surface area contributed by atoms with Crippen molar-refractivity contribution in [1.82, 2.24) is 29.5 Å². The number of nitrogens with zero attached hydrogens (tertiary/aromatic N) is 5. The summed E-state index contributed by atoms with van der Waals surface area (Å²) in [6, 6.07) is 14.4. The number of hydrogen-bond donors (Lipinski definition) is 2. The van der Waals surface area contributed by atoms with Crippen molar-refractivity contribution in [2.45, 2.75) is 19.9 Å². The molecule has 0 saturated carbocycles. The van der Waals surface area contributed by atoms with Crippen molar-refractivity contribution in [3.8, 4) is 5.69 Å². The van der Waals surface area contributed by atoms with Crippen LogP contribution in [0.15, 0.2) is 59.7 Å². The van der Waals surface area contributed by atoms with Crippen molar-refractivity contribution in [1.29, 1.82) is 0 Å². The van der Waals surface area contributed by atoms with Crippen LogP contribution in [0.25, 0.3) is 27.8 Å². The molecule has 0 amide bonds. The monoisotopic (exact) mass is 415 g/mol. The zero-order valence-electron chi connectivity index (χ0n) is 16.8. The molecule has 0 aliphatic heterocycles. The number of hydrogen-bond acceptors (Lipinski definition) is 6. The SMILES string of the molecule is Cc1cccc2nc(C(C)Nc3nc(F)nc4[nH]cnc34)n(-c3ccccc3)c(=O)c12. The average molecular weight is 415 g/mol. The van der Waals surface area contributed by atoms with Crippen LogP contribution in [0.4, 0.5) is 10.2 Å². The van der Waals surface area contributed by atoms with Crippen molar-refractivity contribution < 1.29 is 4.39 Å². The maximum atomic E-state index is 13.9. The number of nitrogens with one attached hydrogen (secondary N) is 2. The number of rotatable bonds is 4. The molecule has 0 saturated heterocycles. The summed E-state index contributed by atoms with van der Waals surface area (Å²) >= 11 is 0. The van der Waals surface area contributed by atoms with Gasteiger partial charge < -0.3 is 10.3 Å². The fraction of sp³-hybridized carbons (Fsp3) is 0.136. The van der Waals surface area contributed by atoms with Gasteiger partial charge in [-0.3, -0.25) is 9.36 Å². The van der Waals surface area contributed by atoms with Crippen LogP contribution in [0.5, 0.6) is 0 Å². The quantitative estimate of drug-likeness (QED) is 0.434. The highest BCUT2D eigenvalue weighted by Crippen LogP contribution is 2.24. The summed E-state index contributed by atoms with van der Waals surface area (Å²) in [4.78, 5) is 32.8. The van der Waals surface area contributed by atoms with E-state index in [0.717, 1.165) is 5.56 Å². The molecule has 0 fully saturated rings. The first-order valence-corrected chi connectivity index (χ1v) is 9.74. The molecule has 0 radical (unpaired) electrons. The van der Waals surface area contributed by atoms with E-state index in [1.165, 1.54) is 6.33 Å². The number of imidazole rings is 1. The molecule has 154 valence electrons. The Morgan fingerprint density at radius 2 is 1.87 bits per heavy atom. The number of halogens is 1. The zero-order valence-corrected chi connectivity index (χ0v) is 16.8. The Morgan fingerprint density at radius 3 is 2.68 bits per heavy atom. The third-order valence-corrected chi connectivity index (χ3v) is 5.14. The lowest BCUT2D eigenvalue weighted by atomic mass is 10.1. The molecular weight excluding hydrogens is 397 g/mol. The van der Waals surface area contributed by atoms with Crippen molar-refractivity contribution in [2.24, 2.45) is 0 Å². The highest BCUT2D eigenvalue weighted by Gasteiger charge is 2.21. The molecule has 0 spiro atoms. The van der Waals surface area contributed by atoms with Crippen molar-refractivity contribution in [2.75, 3.05) is 5.32 Å². The Hall–Kier alpha value is -4.14. The van der Waals surface area contributed by atoms with E-state index in [-0.39, 0.29) is 17.0 Å². The van der Waals surface area contributed by atoms with Crippen molar-refractivity contribution in [3.63, 3.8) is 0 Å². The molecule has 5 aromatic rings. The second kappa shape index (κ2) is 7.28. The number of aromatic nitrogens is 6. The van der Waals surface area contributed by atoms with E-state index in [1.54, 1.807) is 4.57 Å². The Kier molecular flexibility index (Phi) is 4.43. The number of benzene rings is 2. The third-order valence-electron chi connectivity index (χ3n) is 5.14. The minimum atomic E-state index is -0.881. The number of para-hydroxylation sites is 1. The molecule has 31 heavy (non-hydrogen) atoms. The first-order chi connectivity index (χ1) is 15.0. The van der Waals surface area contributed by atoms with E-state index in [0.29, 0.717) is 27.9 Å². The third kappa shape index (κ3) is 3.20. The van der Waals surface area contributed by atoms with Gasteiger partial charge >= 0.3 is 6.08 Å². The van der Waals surface area contributed by atoms with Gasteiger partial charge in [0.05, 0.1) is 29.0 Å². The molecule has 2 aromatic carbocycles. The van der Waals surface area contributed by atoms with Gasteiger partial charge in [0.25, 0.3) is 5.56 Å². The van der Waals surface area contributed by atoms with Crippen molar-refractivity contribution in [3.05, 3.63) is 82.7 Å². The Morgan fingerprint density at radius 1 is 1.06 bits per heavy atom. The Balaban J connectivity index is 1.71. The number of fused-ring (bicyclic) bond motifs is 2. The molecule has 1 atom stereocenters. The summed E-state index contributed by atoms with van der Waals surface area (Å²) in [5.74, 6) is 0.687. The van der Waals surface area contributed by atoms with E-state index in [1.807, 2.05) is 62.4 Å². The summed E-state index contributed by atoms with van der Waals surface area (Å²) in [5, 5.41) is 3.71. The molecule has 1 unspecified atom stereocenters. The van der Waals surface area contributed by atoms with Crippen LogP contribution in [-0.2, 0) is 0 Å². The summed E-state index contributed by atoms with van der Waals surface area (Å²) in [7, 11) is 0. The molecule has 9 heteroatoms. The summed E-state index contributed by atoms with van der Waals surface area (Å²) in [6.45, 7) is 3.72. The molecule has 0 bridgehead atoms. The maximum Gasteiger partial charge on any atom is 0.312 e. The fourth-order valence-corrected chi connectivity index (χ4v) is 3.71. The van der Waals surface area contributed by atoms with Gasteiger partial charge in [-0.05, 0) is 37.6 Å². The summed E-state index contributed by atoms with van der Waals surface area (Å²) in [5.41, 5.74) is 2.65. The van der Waals surface area contributed by atoms with Crippen LogP contribution in [0, 0.1) is 13.0 Å². The predicted octanol–water partition coefficient (Wildman–Crippen LogP) is 3.67. The molecule has 8 nitrogen and oxygen atoms in total. The minimum Gasteiger partial charge on any atom is -0.358 e. The van der Waals surface area contributed by atoms with Gasteiger partial charge in [0, 0.05) is 0 Å². The lowest BCUT2D eigenvalue weighted by molar-refractivity contribution is 0.544. The smallest absolute Gasteiger partial charge is 0.312 e. The van der Waals surface area contributed by atoms with Gasteiger partial charge in [0.2, 0.25) is 0 Å². The molecule has 5 rings (SSSR count). The highest BCUT2D eigenvalue weighted by molar-refractivity contribution is 5.83. The Bertz CT molecular complexity index is 1480. The first-order valence-electron chi connectivity index (χ1n) is 9.74. The first kappa shape index (κ1) is 18.9. The molecule has 0 aliphatic rings. The number of H-pyrrole nitrogens is 1. The maximum absolute atomic E-state index is 13.9.